The third-order valence-corrected chi connectivity index (χ3v) is 3.47. The van der Waals surface area contributed by atoms with E-state index >= 15 is 0 Å². The zero-order valence-corrected chi connectivity index (χ0v) is 11.9. The topological polar surface area (TPSA) is 72.9 Å². The first-order chi connectivity index (χ1) is 10.1. The molecule has 0 fully saturated rings. The molecule has 1 amide bonds. The van der Waals surface area contributed by atoms with E-state index in [-0.39, 0.29) is 5.91 Å². The number of carbonyl (C=O) groups is 1. The smallest absolute Gasteiger partial charge is 0.288 e. The second-order valence-electron chi connectivity index (χ2n) is 5.01. The van der Waals surface area contributed by atoms with Gasteiger partial charge in [-0.05, 0) is 38.1 Å². The van der Waals surface area contributed by atoms with E-state index in [0.29, 0.717) is 16.9 Å². The van der Waals surface area contributed by atoms with Crippen LogP contribution < -0.4 is 11.2 Å². The number of para-hydroxylation sites is 1. The van der Waals surface area contributed by atoms with Crippen LogP contribution in [0.25, 0.3) is 10.9 Å². The van der Waals surface area contributed by atoms with Gasteiger partial charge in [-0.15, -0.1) is 0 Å². The van der Waals surface area contributed by atoms with Crippen molar-refractivity contribution >= 4 is 22.5 Å². The molecule has 0 aliphatic rings. The third kappa shape index (κ3) is 2.33. The van der Waals surface area contributed by atoms with E-state index in [2.05, 4.69) is 10.4 Å². The second kappa shape index (κ2) is 4.94. The number of hydrogen-bond acceptors (Lipinski definition) is 3. The number of anilines is 1. The molecular formula is C16H16N4O. The minimum Gasteiger partial charge on any atom is -0.398 e. The first kappa shape index (κ1) is 13.2. The highest BCUT2D eigenvalue weighted by Crippen LogP contribution is 2.20. The van der Waals surface area contributed by atoms with Crippen LogP contribution in [0.1, 0.15) is 21.9 Å². The standard InChI is InChI=1S/C16H16N4O/c1-10-7-8-11(2)20(10)19-16(21)15-9-13(17)12-5-3-4-6-14(12)18-15/h3-9H,1-2H3,(H2,17,18)(H,19,21). The molecule has 106 valence electrons. The summed E-state index contributed by atoms with van der Waals surface area (Å²) < 4.78 is 1.73. The molecule has 0 aliphatic heterocycles. The lowest BCUT2D eigenvalue weighted by Crippen LogP contribution is -2.25. The van der Waals surface area contributed by atoms with Gasteiger partial charge in [0.25, 0.3) is 5.91 Å². The van der Waals surface area contributed by atoms with E-state index < -0.39 is 0 Å². The Balaban J connectivity index is 1.99. The van der Waals surface area contributed by atoms with Gasteiger partial charge in [0.15, 0.2) is 0 Å². The summed E-state index contributed by atoms with van der Waals surface area (Å²) in [5.41, 5.74) is 12.3. The zero-order valence-electron chi connectivity index (χ0n) is 11.9. The lowest BCUT2D eigenvalue weighted by Gasteiger charge is -2.11. The highest BCUT2D eigenvalue weighted by Gasteiger charge is 2.12. The van der Waals surface area contributed by atoms with Crippen LogP contribution in [-0.2, 0) is 0 Å². The highest BCUT2D eigenvalue weighted by molar-refractivity contribution is 6.02. The number of nitrogens with zero attached hydrogens (tertiary/aromatic N) is 2. The fourth-order valence-corrected chi connectivity index (χ4v) is 2.32. The Bertz CT molecular complexity index is 816. The largest absolute Gasteiger partial charge is 0.398 e. The quantitative estimate of drug-likeness (QED) is 0.758. The maximum atomic E-state index is 12.4. The number of carbonyl (C=O) groups excluding carboxylic acids is 1. The minimum atomic E-state index is -0.283. The number of nitrogen functional groups attached to an aromatic ring is 1. The molecule has 0 spiro atoms. The van der Waals surface area contributed by atoms with Gasteiger partial charge in [0.05, 0.1) is 5.52 Å². The summed E-state index contributed by atoms with van der Waals surface area (Å²) >= 11 is 0. The number of pyridine rings is 1. The Morgan fingerprint density at radius 1 is 1.14 bits per heavy atom. The number of amides is 1. The number of fused-ring (bicyclic) bond motifs is 1. The maximum absolute atomic E-state index is 12.4. The molecule has 1 aromatic carbocycles. The van der Waals surface area contributed by atoms with Gasteiger partial charge in [-0.25, -0.2) is 4.98 Å². The fourth-order valence-electron chi connectivity index (χ4n) is 2.32. The van der Waals surface area contributed by atoms with Crippen LogP contribution in [0.15, 0.2) is 42.5 Å². The number of aryl methyl sites for hydroxylation is 2. The second-order valence-corrected chi connectivity index (χ2v) is 5.01. The lowest BCUT2D eigenvalue weighted by atomic mass is 10.1. The summed E-state index contributed by atoms with van der Waals surface area (Å²) in [7, 11) is 0. The van der Waals surface area contributed by atoms with Crippen molar-refractivity contribution in [2.24, 2.45) is 0 Å². The summed E-state index contributed by atoms with van der Waals surface area (Å²) in [4.78, 5) is 16.7. The van der Waals surface area contributed by atoms with Gasteiger partial charge in [-0.3, -0.25) is 14.9 Å². The van der Waals surface area contributed by atoms with Crippen LogP contribution >= 0.6 is 0 Å². The van der Waals surface area contributed by atoms with E-state index in [4.69, 9.17) is 5.73 Å². The molecule has 3 aromatic rings. The first-order valence-corrected chi connectivity index (χ1v) is 6.68. The van der Waals surface area contributed by atoms with Gasteiger partial charge >= 0.3 is 0 Å². The molecule has 3 rings (SSSR count). The molecular weight excluding hydrogens is 264 g/mol. The number of nitrogens with two attached hydrogens (primary N) is 1. The number of benzene rings is 1. The Hall–Kier alpha value is -2.82. The Morgan fingerprint density at radius 2 is 1.81 bits per heavy atom. The van der Waals surface area contributed by atoms with Crippen molar-refractivity contribution in [1.29, 1.82) is 0 Å². The van der Waals surface area contributed by atoms with Crippen molar-refractivity contribution in [2.75, 3.05) is 11.2 Å². The summed E-state index contributed by atoms with van der Waals surface area (Å²) in [6, 6.07) is 13.0. The molecule has 0 unspecified atom stereocenters. The van der Waals surface area contributed by atoms with E-state index in [1.54, 1.807) is 10.7 Å². The number of aromatic nitrogens is 2. The number of nitrogens with one attached hydrogen (secondary N) is 1. The molecule has 21 heavy (non-hydrogen) atoms. The van der Waals surface area contributed by atoms with Crippen molar-refractivity contribution in [2.45, 2.75) is 13.8 Å². The molecule has 0 atom stereocenters. The molecule has 5 nitrogen and oxygen atoms in total. The molecule has 0 saturated carbocycles. The Kier molecular flexibility index (Phi) is 3.10. The van der Waals surface area contributed by atoms with Gasteiger partial charge in [-0.1, -0.05) is 18.2 Å². The van der Waals surface area contributed by atoms with Gasteiger partial charge in [0, 0.05) is 22.5 Å². The summed E-state index contributed by atoms with van der Waals surface area (Å²) in [6.45, 7) is 3.85. The third-order valence-electron chi connectivity index (χ3n) is 3.47. The van der Waals surface area contributed by atoms with Gasteiger partial charge in [0.2, 0.25) is 0 Å². The van der Waals surface area contributed by atoms with Crippen LogP contribution in [0.2, 0.25) is 0 Å². The van der Waals surface area contributed by atoms with Gasteiger partial charge < -0.3 is 5.73 Å². The Labute approximate surface area is 122 Å². The predicted molar refractivity (Wildman–Crippen MR) is 83.8 cm³/mol. The number of rotatable bonds is 2. The fraction of sp³-hybridized carbons (Fsp3) is 0.125. The van der Waals surface area contributed by atoms with Gasteiger partial charge in [0.1, 0.15) is 5.69 Å². The Morgan fingerprint density at radius 3 is 2.52 bits per heavy atom. The molecule has 0 bridgehead atoms. The normalized spacial score (nSPS) is 10.8. The summed E-state index contributed by atoms with van der Waals surface area (Å²) in [6.07, 6.45) is 0. The lowest BCUT2D eigenvalue weighted by molar-refractivity contribution is 0.100. The average molecular weight is 280 g/mol. The van der Waals surface area contributed by atoms with E-state index in [0.717, 1.165) is 16.8 Å². The van der Waals surface area contributed by atoms with E-state index in [1.165, 1.54) is 0 Å². The van der Waals surface area contributed by atoms with Crippen LogP contribution in [0.4, 0.5) is 5.69 Å². The van der Waals surface area contributed by atoms with Crippen LogP contribution in [-0.4, -0.2) is 15.6 Å². The SMILES string of the molecule is Cc1ccc(C)n1NC(=O)c1cc(N)c2ccccc2n1. The number of hydrogen-bond donors (Lipinski definition) is 2. The van der Waals surface area contributed by atoms with Crippen molar-refractivity contribution in [1.82, 2.24) is 9.66 Å². The molecule has 0 radical (unpaired) electrons. The molecule has 0 saturated heterocycles. The summed E-state index contributed by atoms with van der Waals surface area (Å²) in [5.74, 6) is -0.283. The highest BCUT2D eigenvalue weighted by atomic mass is 16.2. The summed E-state index contributed by atoms with van der Waals surface area (Å²) in [5, 5.41) is 0.849. The van der Waals surface area contributed by atoms with Gasteiger partial charge in [-0.2, -0.15) is 0 Å². The molecule has 3 N–H and O–H groups in total. The molecule has 2 heterocycles. The van der Waals surface area contributed by atoms with Crippen LogP contribution in [0.5, 0.6) is 0 Å². The molecule has 5 heteroatoms. The minimum absolute atomic E-state index is 0.283. The zero-order chi connectivity index (χ0) is 15.0. The van der Waals surface area contributed by atoms with Crippen LogP contribution in [0, 0.1) is 13.8 Å². The monoisotopic (exact) mass is 280 g/mol. The van der Waals surface area contributed by atoms with Crippen LogP contribution in [0.3, 0.4) is 0 Å². The average Bonchev–Trinajstić information content (AvgIpc) is 2.79. The first-order valence-electron chi connectivity index (χ1n) is 6.68. The maximum Gasteiger partial charge on any atom is 0.288 e. The van der Waals surface area contributed by atoms with E-state index in [1.807, 2.05) is 50.2 Å². The van der Waals surface area contributed by atoms with Crippen molar-refractivity contribution in [3.8, 4) is 0 Å². The van der Waals surface area contributed by atoms with E-state index in [9.17, 15) is 4.79 Å². The van der Waals surface area contributed by atoms with Crippen molar-refractivity contribution < 1.29 is 4.79 Å². The van der Waals surface area contributed by atoms with Crippen molar-refractivity contribution in [3.05, 3.63) is 59.5 Å². The van der Waals surface area contributed by atoms with Crippen molar-refractivity contribution in [3.63, 3.8) is 0 Å². The molecule has 2 aromatic heterocycles. The molecule has 0 aliphatic carbocycles. The predicted octanol–water partition coefficient (Wildman–Crippen LogP) is 2.62.